The van der Waals surface area contributed by atoms with Crippen LogP contribution in [0.15, 0.2) is 24.3 Å². The molecule has 22 heavy (non-hydrogen) atoms. The van der Waals surface area contributed by atoms with Crippen molar-refractivity contribution in [1.82, 2.24) is 14.7 Å². The Morgan fingerprint density at radius 1 is 1.32 bits per heavy atom. The number of nitrogens with zero attached hydrogens (tertiary/aromatic N) is 3. The van der Waals surface area contributed by atoms with E-state index in [9.17, 15) is 4.79 Å². The van der Waals surface area contributed by atoms with Gasteiger partial charge in [-0.15, -0.1) is 0 Å². The molecular formula is C17H27N3O2. The Labute approximate surface area is 133 Å². The lowest BCUT2D eigenvalue weighted by molar-refractivity contribution is 0.0642. The van der Waals surface area contributed by atoms with Crippen molar-refractivity contribution in [2.45, 2.75) is 19.5 Å². The minimum atomic E-state index is 0.0579. The van der Waals surface area contributed by atoms with Gasteiger partial charge in [0.05, 0.1) is 6.61 Å². The minimum absolute atomic E-state index is 0.0579. The highest BCUT2D eigenvalue weighted by molar-refractivity contribution is 5.95. The standard InChI is InChI=1S/C17H27N3O2/c1-14-12-19(8-9-20(14)10-11-21)13-15-6-4-5-7-16(15)17(22)18(2)3/h4-7,14,21H,8-13H2,1-3H3. The Hall–Kier alpha value is -1.43. The van der Waals surface area contributed by atoms with Crippen LogP contribution in [0.1, 0.15) is 22.8 Å². The average Bonchev–Trinajstić information content (AvgIpc) is 2.50. The third kappa shape index (κ3) is 4.06. The molecule has 1 heterocycles. The zero-order valence-corrected chi connectivity index (χ0v) is 13.8. The number of β-amino-alcohol motifs (C(OH)–C–C–N with tert-alkyl or cyclic N) is 1. The number of amides is 1. The van der Waals surface area contributed by atoms with Crippen molar-refractivity contribution in [2.24, 2.45) is 0 Å². The lowest BCUT2D eigenvalue weighted by atomic mass is 10.0. The molecular weight excluding hydrogens is 278 g/mol. The van der Waals surface area contributed by atoms with E-state index in [1.165, 1.54) is 0 Å². The van der Waals surface area contributed by atoms with Crippen LogP contribution >= 0.6 is 0 Å². The van der Waals surface area contributed by atoms with Gasteiger partial charge in [0.15, 0.2) is 0 Å². The van der Waals surface area contributed by atoms with Crippen LogP contribution in [-0.4, -0.2) is 78.6 Å². The molecule has 0 radical (unpaired) electrons. The van der Waals surface area contributed by atoms with Gasteiger partial charge in [-0.25, -0.2) is 0 Å². The van der Waals surface area contributed by atoms with Gasteiger partial charge in [-0.1, -0.05) is 18.2 Å². The van der Waals surface area contributed by atoms with Crippen molar-refractivity contribution in [3.63, 3.8) is 0 Å². The van der Waals surface area contributed by atoms with E-state index in [0.717, 1.165) is 43.9 Å². The normalized spacial score (nSPS) is 20.1. The highest BCUT2D eigenvalue weighted by atomic mass is 16.3. The molecule has 0 bridgehead atoms. The molecule has 1 aromatic rings. The third-order valence-corrected chi connectivity index (χ3v) is 4.28. The van der Waals surface area contributed by atoms with E-state index in [1.807, 2.05) is 24.3 Å². The Morgan fingerprint density at radius 3 is 2.68 bits per heavy atom. The molecule has 1 atom stereocenters. The van der Waals surface area contributed by atoms with E-state index < -0.39 is 0 Å². The molecule has 0 aromatic heterocycles. The maximum absolute atomic E-state index is 12.3. The summed E-state index contributed by atoms with van der Waals surface area (Å²) in [5, 5.41) is 9.09. The zero-order chi connectivity index (χ0) is 16.1. The number of carbonyl (C=O) groups excluding carboxylic acids is 1. The molecule has 0 spiro atoms. The first kappa shape index (κ1) is 16.9. The number of hydrogen-bond acceptors (Lipinski definition) is 4. The SMILES string of the molecule is CC1CN(Cc2ccccc2C(=O)N(C)C)CCN1CCO. The first-order chi connectivity index (χ1) is 10.5. The van der Waals surface area contributed by atoms with Crippen LogP contribution in [-0.2, 0) is 6.54 Å². The number of hydrogen-bond donors (Lipinski definition) is 1. The fraction of sp³-hybridized carbons (Fsp3) is 0.588. The van der Waals surface area contributed by atoms with Crippen LogP contribution in [0.2, 0.25) is 0 Å². The monoisotopic (exact) mass is 305 g/mol. The Balaban J connectivity index is 2.04. The Bertz CT molecular complexity index is 504. The molecule has 1 aliphatic rings. The second-order valence-electron chi connectivity index (χ2n) is 6.20. The summed E-state index contributed by atoms with van der Waals surface area (Å²) < 4.78 is 0. The molecule has 1 N–H and O–H groups in total. The van der Waals surface area contributed by atoms with Gasteiger partial charge in [0.25, 0.3) is 5.91 Å². The van der Waals surface area contributed by atoms with E-state index >= 15 is 0 Å². The third-order valence-electron chi connectivity index (χ3n) is 4.28. The van der Waals surface area contributed by atoms with Crippen LogP contribution in [0, 0.1) is 0 Å². The minimum Gasteiger partial charge on any atom is -0.395 e. The molecule has 1 aliphatic heterocycles. The molecule has 122 valence electrons. The van der Waals surface area contributed by atoms with Gasteiger partial charge in [-0.3, -0.25) is 14.6 Å². The van der Waals surface area contributed by atoms with Gasteiger partial charge in [0.2, 0.25) is 0 Å². The Morgan fingerprint density at radius 2 is 2.05 bits per heavy atom. The smallest absolute Gasteiger partial charge is 0.253 e. The largest absolute Gasteiger partial charge is 0.395 e. The van der Waals surface area contributed by atoms with Crippen LogP contribution in [0.5, 0.6) is 0 Å². The highest BCUT2D eigenvalue weighted by Crippen LogP contribution is 2.16. The Kier molecular flexibility index (Phi) is 5.94. The predicted molar refractivity (Wildman–Crippen MR) is 87.9 cm³/mol. The van der Waals surface area contributed by atoms with Crippen LogP contribution < -0.4 is 0 Å². The van der Waals surface area contributed by atoms with Gasteiger partial charge < -0.3 is 10.0 Å². The van der Waals surface area contributed by atoms with Crippen LogP contribution in [0.4, 0.5) is 0 Å². The number of carbonyl (C=O) groups is 1. The van der Waals surface area contributed by atoms with E-state index in [-0.39, 0.29) is 12.5 Å². The maximum Gasteiger partial charge on any atom is 0.253 e. The summed E-state index contributed by atoms with van der Waals surface area (Å²) in [6.07, 6.45) is 0. The molecule has 1 amide bonds. The highest BCUT2D eigenvalue weighted by Gasteiger charge is 2.24. The maximum atomic E-state index is 12.3. The number of aliphatic hydroxyl groups is 1. The predicted octanol–water partition coefficient (Wildman–Crippen LogP) is 0.887. The van der Waals surface area contributed by atoms with Crippen LogP contribution in [0.3, 0.4) is 0 Å². The van der Waals surface area contributed by atoms with Gasteiger partial charge in [-0.2, -0.15) is 0 Å². The summed E-state index contributed by atoms with van der Waals surface area (Å²) in [5.74, 6) is 0.0579. The number of aliphatic hydroxyl groups excluding tert-OH is 1. The van der Waals surface area contributed by atoms with Crippen molar-refractivity contribution < 1.29 is 9.90 Å². The lowest BCUT2D eigenvalue weighted by Crippen LogP contribution is -2.52. The fourth-order valence-electron chi connectivity index (χ4n) is 3.02. The summed E-state index contributed by atoms with van der Waals surface area (Å²) in [4.78, 5) is 18.6. The topological polar surface area (TPSA) is 47.0 Å². The van der Waals surface area contributed by atoms with Gasteiger partial charge in [0.1, 0.15) is 0 Å². The number of piperazine rings is 1. The van der Waals surface area contributed by atoms with Crippen molar-refractivity contribution in [3.05, 3.63) is 35.4 Å². The van der Waals surface area contributed by atoms with E-state index in [0.29, 0.717) is 6.04 Å². The molecule has 1 aromatic carbocycles. The molecule has 1 saturated heterocycles. The first-order valence-electron chi connectivity index (χ1n) is 7.89. The zero-order valence-electron chi connectivity index (χ0n) is 13.8. The van der Waals surface area contributed by atoms with Gasteiger partial charge in [0, 0.05) is 58.4 Å². The summed E-state index contributed by atoms with van der Waals surface area (Å²) in [5.41, 5.74) is 1.88. The molecule has 1 fully saturated rings. The molecule has 5 heteroatoms. The molecule has 1 unspecified atom stereocenters. The van der Waals surface area contributed by atoms with E-state index in [1.54, 1.807) is 19.0 Å². The van der Waals surface area contributed by atoms with Crippen molar-refractivity contribution in [1.29, 1.82) is 0 Å². The lowest BCUT2D eigenvalue weighted by Gasteiger charge is -2.39. The molecule has 5 nitrogen and oxygen atoms in total. The summed E-state index contributed by atoms with van der Waals surface area (Å²) >= 11 is 0. The van der Waals surface area contributed by atoms with Crippen molar-refractivity contribution in [2.75, 3.05) is 46.9 Å². The van der Waals surface area contributed by atoms with E-state index in [4.69, 9.17) is 5.11 Å². The average molecular weight is 305 g/mol. The second kappa shape index (κ2) is 7.72. The molecule has 0 aliphatic carbocycles. The number of rotatable bonds is 5. The molecule has 0 saturated carbocycles. The van der Waals surface area contributed by atoms with E-state index in [2.05, 4.69) is 16.7 Å². The van der Waals surface area contributed by atoms with Crippen molar-refractivity contribution in [3.8, 4) is 0 Å². The second-order valence-corrected chi connectivity index (χ2v) is 6.20. The van der Waals surface area contributed by atoms with Gasteiger partial charge >= 0.3 is 0 Å². The molecule has 2 rings (SSSR count). The van der Waals surface area contributed by atoms with Crippen molar-refractivity contribution >= 4 is 5.91 Å². The fourth-order valence-corrected chi connectivity index (χ4v) is 3.02. The quantitative estimate of drug-likeness (QED) is 0.877. The van der Waals surface area contributed by atoms with Crippen LogP contribution in [0.25, 0.3) is 0 Å². The number of benzene rings is 1. The summed E-state index contributed by atoms with van der Waals surface area (Å²) in [6, 6.07) is 8.29. The first-order valence-corrected chi connectivity index (χ1v) is 7.89. The summed E-state index contributed by atoms with van der Waals surface area (Å²) in [6.45, 7) is 6.84. The summed E-state index contributed by atoms with van der Waals surface area (Å²) in [7, 11) is 3.57. The van der Waals surface area contributed by atoms with Gasteiger partial charge in [-0.05, 0) is 18.6 Å².